The molecule has 0 amide bonds. The van der Waals surface area contributed by atoms with Gasteiger partial charge in [-0.2, -0.15) is 0 Å². The minimum atomic E-state index is -3.57. The van der Waals surface area contributed by atoms with E-state index in [0.717, 1.165) is 0 Å². The summed E-state index contributed by atoms with van der Waals surface area (Å²) in [5, 5.41) is 8.88. The Hall–Kier alpha value is -2.12. The van der Waals surface area contributed by atoms with Crippen molar-refractivity contribution in [1.82, 2.24) is 4.72 Å². The first kappa shape index (κ1) is 15.3. The molecule has 6 nitrogen and oxygen atoms in total. The molecule has 0 unspecified atom stereocenters. The van der Waals surface area contributed by atoms with Crippen molar-refractivity contribution >= 4 is 16.0 Å². The van der Waals surface area contributed by atoms with Crippen LogP contribution >= 0.6 is 0 Å². The van der Waals surface area contributed by atoms with Gasteiger partial charge in [-0.1, -0.05) is 12.1 Å². The third-order valence-corrected chi connectivity index (χ3v) is 4.09. The molecule has 0 aliphatic carbocycles. The number of aryl methyl sites for hydroxylation is 1. The van der Waals surface area contributed by atoms with Crippen LogP contribution in [0.15, 0.2) is 40.8 Å². The highest BCUT2D eigenvalue weighted by Gasteiger charge is 2.13. The van der Waals surface area contributed by atoms with E-state index in [4.69, 9.17) is 9.52 Å². The summed E-state index contributed by atoms with van der Waals surface area (Å²) in [7, 11) is -3.57. The van der Waals surface area contributed by atoms with Crippen molar-refractivity contribution in [3.05, 3.63) is 59.0 Å². The minimum Gasteiger partial charge on any atom is -0.478 e. The molecule has 0 saturated heterocycles. The molecule has 7 heteroatoms. The Morgan fingerprint density at radius 3 is 2.67 bits per heavy atom. The summed E-state index contributed by atoms with van der Waals surface area (Å²) >= 11 is 0. The van der Waals surface area contributed by atoms with Gasteiger partial charge in [0.25, 0.3) is 0 Å². The van der Waals surface area contributed by atoms with E-state index in [2.05, 4.69) is 4.72 Å². The van der Waals surface area contributed by atoms with E-state index < -0.39 is 16.0 Å². The highest BCUT2D eigenvalue weighted by Crippen LogP contribution is 2.10. The third-order valence-electron chi connectivity index (χ3n) is 2.79. The van der Waals surface area contributed by atoms with Gasteiger partial charge in [0.05, 0.1) is 17.9 Å². The van der Waals surface area contributed by atoms with Crippen LogP contribution in [-0.4, -0.2) is 19.5 Å². The van der Waals surface area contributed by atoms with Crippen LogP contribution in [0.2, 0.25) is 0 Å². The predicted octanol–water partition coefficient (Wildman–Crippen LogP) is 1.91. The lowest BCUT2D eigenvalue weighted by Crippen LogP contribution is -2.24. The summed E-state index contributed by atoms with van der Waals surface area (Å²) in [6.45, 7) is 1.84. The lowest BCUT2D eigenvalue weighted by atomic mass is 10.1. The summed E-state index contributed by atoms with van der Waals surface area (Å²) in [5.41, 5.74) is 0.474. The van der Waals surface area contributed by atoms with E-state index in [1.807, 2.05) is 0 Å². The molecule has 0 aliphatic rings. The van der Waals surface area contributed by atoms with Gasteiger partial charge in [0.1, 0.15) is 11.5 Å². The molecule has 0 radical (unpaired) electrons. The van der Waals surface area contributed by atoms with Crippen molar-refractivity contribution in [2.24, 2.45) is 0 Å². The highest BCUT2D eigenvalue weighted by atomic mass is 32.2. The summed E-state index contributed by atoms with van der Waals surface area (Å²) < 4.78 is 31.6. The number of carboxylic acid groups (broad SMARTS) is 1. The molecule has 21 heavy (non-hydrogen) atoms. The average Bonchev–Trinajstić information content (AvgIpc) is 2.82. The fourth-order valence-corrected chi connectivity index (χ4v) is 2.91. The number of benzene rings is 1. The second-order valence-corrected chi connectivity index (χ2v) is 6.40. The van der Waals surface area contributed by atoms with Crippen LogP contribution in [0.5, 0.6) is 0 Å². The van der Waals surface area contributed by atoms with Crippen molar-refractivity contribution < 1.29 is 22.7 Å². The zero-order valence-electron chi connectivity index (χ0n) is 11.4. The molecular formula is C14H15NO5S. The van der Waals surface area contributed by atoms with Gasteiger partial charge in [-0.3, -0.25) is 0 Å². The van der Waals surface area contributed by atoms with Gasteiger partial charge < -0.3 is 9.52 Å². The number of nitrogens with one attached hydrogen (secondary N) is 1. The summed E-state index contributed by atoms with van der Waals surface area (Å²) in [6, 6.07) is 9.30. The van der Waals surface area contributed by atoms with Gasteiger partial charge in [0.2, 0.25) is 10.0 Å². The molecule has 1 aromatic heterocycles. The average molecular weight is 309 g/mol. The van der Waals surface area contributed by atoms with Gasteiger partial charge in [-0.15, -0.1) is 0 Å². The fourth-order valence-electron chi connectivity index (χ4n) is 1.83. The van der Waals surface area contributed by atoms with Crippen molar-refractivity contribution in [3.8, 4) is 0 Å². The Morgan fingerprint density at radius 2 is 2.05 bits per heavy atom. The number of carbonyl (C=O) groups is 1. The number of rotatable bonds is 6. The normalized spacial score (nSPS) is 11.5. The molecule has 0 bridgehead atoms. The quantitative estimate of drug-likeness (QED) is 0.849. The molecule has 0 aliphatic heterocycles. The molecule has 2 aromatic rings. The second kappa shape index (κ2) is 6.11. The minimum absolute atomic E-state index is 0.0596. The van der Waals surface area contributed by atoms with E-state index in [1.165, 1.54) is 18.2 Å². The number of hydrogen-bond donors (Lipinski definition) is 2. The topological polar surface area (TPSA) is 96.6 Å². The van der Waals surface area contributed by atoms with Gasteiger partial charge in [0, 0.05) is 0 Å². The Kier molecular flexibility index (Phi) is 4.44. The molecular weight excluding hydrogens is 294 g/mol. The maximum atomic E-state index is 12.0. The monoisotopic (exact) mass is 309 g/mol. The highest BCUT2D eigenvalue weighted by molar-refractivity contribution is 7.88. The van der Waals surface area contributed by atoms with Crippen LogP contribution in [0.4, 0.5) is 0 Å². The Balaban J connectivity index is 2.03. The van der Waals surface area contributed by atoms with Crippen LogP contribution < -0.4 is 4.72 Å². The first-order valence-corrected chi connectivity index (χ1v) is 7.86. The van der Waals surface area contributed by atoms with Crippen LogP contribution in [0.1, 0.15) is 27.4 Å². The van der Waals surface area contributed by atoms with Gasteiger partial charge >= 0.3 is 5.97 Å². The molecule has 0 spiro atoms. The van der Waals surface area contributed by atoms with Gasteiger partial charge in [-0.05, 0) is 36.8 Å². The van der Waals surface area contributed by atoms with Gasteiger partial charge in [-0.25, -0.2) is 17.9 Å². The third kappa shape index (κ3) is 4.44. The number of aromatic carboxylic acids is 1. The maximum absolute atomic E-state index is 12.0. The Bertz CT molecular complexity index is 748. The SMILES string of the molecule is Cc1ccc(CNS(=O)(=O)Cc2cccc(C(=O)O)c2)o1. The molecule has 2 N–H and O–H groups in total. The lowest BCUT2D eigenvalue weighted by Gasteiger charge is -2.06. The van der Waals surface area contributed by atoms with E-state index in [-0.39, 0.29) is 17.9 Å². The Labute approximate surface area is 122 Å². The van der Waals surface area contributed by atoms with Crippen molar-refractivity contribution in [2.45, 2.75) is 19.2 Å². The van der Waals surface area contributed by atoms with Crippen molar-refractivity contribution in [1.29, 1.82) is 0 Å². The number of furan rings is 1. The first-order chi connectivity index (χ1) is 9.85. The largest absolute Gasteiger partial charge is 0.478 e. The summed E-state index contributed by atoms with van der Waals surface area (Å²) in [6.07, 6.45) is 0. The summed E-state index contributed by atoms with van der Waals surface area (Å²) in [5.74, 6) is -0.143. The molecule has 0 atom stereocenters. The van der Waals surface area contributed by atoms with E-state index in [9.17, 15) is 13.2 Å². The van der Waals surface area contributed by atoms with Gasteiger partial charge in [0.15, 0.2) is 0 Å². The predicted molar refractivity (Wildman–Crippen MR) is 76.3 cm³/mol. The standard InChI is InChI=1S/C14H15NO5S/c1-10-5-6-13(20-10)8-15-21(18,19)9-11-3-2-4-12(7-11)14(16)17/h2-7,15H,8-9H2,1H3,(H,16,17). The van der Waals surface area contributed by atoms with Crippen LogP contribution in [-0.2, 0) is 22.3 Å². The number of hydrogen-bond acceptors (Lipinski definition) is 4. The fraction of sp³-hybridized carbons (Fsp3) is 0.214. The molecule has 112 valence electrons. The molecule has 0 fully saturated rings. The van der Waals surface area contributed by atoms with E-state index in [1.54, 1.807) is 25.1 Å². The molecule has 2 rings (SSSR count). The Morgan fingerprint density at radius 1 is 1.29 bits per heavy atom. The number of sulfonamides is 1. The van der Waals surface area contributed by atoms with E-state index >= 15 is 0 Å². The van der Waals surface area contributed by atoms with Crippen molar-refractivity contribution in [2.75, 3.05) is 0 Å². The number of carboxylic acids is 1. The maximum Gasteiger partial charge on any atom is 0.335 e. The molecule has 1 aromatic carbocycles. The second-order valence-electron chi connectivity index (χ2n) is 4.60. The van der Waals surface area contributed by atoms with E-state index in [0.29, 0.717) is 17.1 Å². The molecule has 0 saturated carbocycles. The smallest absolute Gasteiger partial charge is 0.335 e. The van der Waals surface area contributed by atoms with Crippen LogP contribution in [0.25, 0.3) is 0 Å². The summed E-state index contributed by atoms with van der Waals surface area (Å²) in [4.78, 5) is 10.9. The van der Waals surface area contributed by atoms with Crippen LogP contribution in [0.3, 0.4) is 0 Å². The zero-order valence-corrected chi connectivity index (χ0v) is 12.2. The zero-order chi connectivity index (χ0) is 15.5. The first-order valence-electron chi connectivity index (χ1n) is 6.20. The molecule has 1 heterocycles. The van der Waals surface area contributed by atoms with Crippen molar-refractivity contribution in [3.63, 3.8) is 0 Å². The lowest BCUT2D eigenvalue weighted by molar-refractivity contribution is 0.0696. The van der Waals surface area contributed by atoms with Crippen LogP contribution in [0, 0.1) is 6.92 Å².